The summed E-state index contributed by atoms with van der Waals surface area (Å²) in [5, 5.41) is 0. The Kier molecular flexibility index (Phi) is 7.26. The van der Waals surface area contributed by atoms with Crippen LogP contribution in [0.15, 0.2) is 0 Å². The van der Waals surface area contributed by atoms with E-state index in [0.717, 1.165) is 19.3 Å². The molecule has 0 amide bonds. The van der Waals surface area contributed by atoms with Crippen LogP contribution in [0.5, 0.6) is 0 Å². The molecule has 0 bridgehead atoms. The van der Waals surface area contributed by atoms with Crippen molar-refractivity contribution in [2.45, 2.75) is 39.5 Å². The summed E-state index contributed by atoms with van der Waals surface area (Å²) < 4.78 is 4.15. The molecule has 1 unspecified atom stereocenters. The van der Waals surface area contributed by atoms with Gasteiger partial charge in [-0.05, 0) is 19.8 Å². The van der Waals surface area contributed by atoms with E-state index in [9.17, 15) is 9.59 Å². The number of rotatable bonds is 2. The molecular weight excluding hydrogens is 168 g/mol. The van der Waals surface area contributed by atoms with Gasteiger partial charge in [-0.2, -0.15) is 0 Å². The smallest absolute Gasteiger partial charge is 0.293 e. The van der Waals surface area contributed by atoms with Crippen molar-refractivity contribution in [3.8, 4) is 0 Å². The lowest BCUT2D eigenvalue weighted by Crippen LogP contribution is -2.14. The van der Waals surface area contributed by atoms with Gasteiger partial charge in [-0.25, -0.2) is 0 Å². The van der Waals surface area contributed by atoms with Gasteiger partial charge in [0.25, 0.3) is 6.47 Å². The first-order valence-corrected chi connectivity index (χ1v) is 4.80. The fourth-order valence-corrected chi connectivity index (χ4v) is 1.23. The van der Waals surface area contributed by atoms with Gasteiger partial charge in [0.1, 0.15) is 5.78 Å². The van der Waals surface area contributed by atoms with Crippen molar-refractivity contribution in [1.29, 1.82) is 0 Å². The van der Waals surface area contributed by atoms with E-state index in [4.69, 9.17) is 0 Å². The minimum atomic E-state index is 0.365. The minimum Gasteiger partial charge on any atom is -0.468 e. The summed E-state index contributed by atoms with van der Waals surface area (Å²) in [6.07, 6.45) is 4.34. The van der Waals surface area contributed by atoms with E-state index in [1.165, 1.54) is 6.42 Å². The standard InChI is InChI=1S/C7H12O.C3H6O2/c1-6-4-2-3-5-7(6)8;1-2-5-3-4/h6H,2-5H2,1H3;3H,2H2,1H3. The number of hydrogen-bond acceptors (Lipinski definition) is 3. The zero-order valence-electron chi connectivity index (χ0n) is 8.41. The Hall–Kier alpha value is -0.860. The summed E-state index contributed by atoms with van der Waals surface area (Å²) in [5.74, 6) is 0.833. The third-order valence-electron chi connectivity index (χ3n) is 2.09. The molecule has 3 nitrogen and oxygen atoms in total. The maximum atomic E-state index is 10.8. The summed E-state index contributed by atoms with van der Waals surface area (Å²) in [4.78, 5) is 20.0. The van der Waals surface area contributed by atoms with Crippen molar-refractivity contribution >= 4 is 12.3 Å². The molecule has 1 aliphatic rings. The summed E-state index contributed by atoms with van der Waals surface area (Å²) >= 11 is 0. The van der Waals surface area contributed by atoms with Gasteiger partial charge in [-0.1, -0.05) is 13.3 Å². The van der Waals surface area contributed by atoms with Crippen molar-refractivity contribution < 1.29 is 14.3 Å². The molecule has 1 atom stereocenters. The fourth-order valence-electron chi connectivity index (χ4n) is 1.23. The first kappa shape index (κ1) is 12.1. The molecule has 1 rings (SSSR count). The first-order valence-electron chi connectivity index (χ1n) is 4.80. The third kappa shape index (κ3) is 6.31. The van der Waals surface area contributed by atoms with Crippen molar-refractivity contribution in [1.82, 2.24) is 0 Å². The van der Waals surface area contributed by atoms with Crippen LogP contribution in [-0.4, -0.2) is 18.9 Å². The van der Waals surface area contributed by atoms with Crippen LogP contribution in [0, 0.1) is 5.92 Å². The molecule has 0 spiro atoms. The topological polar surface area (TPSA) is 43.4 Å². The molecule has 0 aromatic carbocycles. The van der Waals surface area contributed by atoms with Gasteiger partial charge in [-0.15, -0.1) is 0 Å². The summed E-state index contributed by atoms with van der Waals surface area (Å²) in [6.45, 7) is 4.69. The van der Waals surface area contributed by atoms with Crippen molar-refractivity contribution in [2.75, 3.05) is 6.61 Å². The van der Waals surface area contributed by atoms with Gasteiger partial charge in [0, 0.05) is 12.3 Å². The van der Waals surface area contributed by atoms with E-state index >= 15 is 0 Å². The highest BCUT2D eigenvalue weighted by molar-refractivity contribution is 5.81. The molecule has 0 radical (unpaired) electrons. The average molecular weight is 186 g/mol. The number of hydrogen-bond donors (Lipinski definition) is 0. The van der Waals surface area contributed by atoms with Gasteiger partial charge in [0.15, 0.2) is 0 Å². The second kappa shape index (κ2) is 7.77. The predicted octanol–water partition coefficient (Wildman–Crippen LogP) is 1.94. The van der Waals surface area contributed by atoms with Crippen LogP contribution in [0.25, 0.3) is 0 Å². The van der Waals surface area contributed by atoms with Gasteiger partial charge in [0.2, 0.25) is 0 Å². The van der Waals surface area contributed by atoms with E-state index in [1.54, 1.807) is 6.92 Å². The SMILES string of the molecule is CC1CCCCC1=O.CCOC=O. The maximum Gasteiger partial charge on any atom is 0.293 e. The largest absolute Gasteiger partial charge is 0.468 e. The normalized spacial score (nSPS) is 21.4. The third-order valence-corrected chi connectivity index (χ3v) is 2.09. The Balaban J connectivity index is 0.000000252. The number of ether oxygens (including phenoxy) is 1. The van der Waals surface area contributed by atoms with Crippen LogP contribution in [0.4, 0.5) is 0 Å². The van der Waals surface area contributed by atoms with Gasteiger partial charge >= 0.3 is 0 Å². The molecule has 0 heterocycles. The molecule has 13 heavy (non-hydrogen) atoms. The lowest BCUT2D eigenvalue weighted by atomic mass is 9.90. The Bertz CT molecular complexity index is 154. The summed E-state index contributed by atoms with van der Waals surface area (Å²) in [7, 11) is 0. The van der Waals surface area contributed by atoms with E-state index in [1.807, 2.05) is 6.92 Å². The fraction of sp³-hybridized carbons (Fsp3) is 0.800. The molecule has 1 saturated carbocycles. The molecule has 0 aliphatic heterocycles. The average Bonchev–Trinajstić information content (AvgIpc) is 2.13. The van der Waals surface area contributed by atoms with E-state index in [-0.39, 0.29) is 0 Å². The quantitative estimate of drug-likeness (QED) is 0.619. The highest BCUT2D eigenvalue weighted by Gasteiger charge is 2.16. The monoisotopic (exact) mass is 186 g/mol. The van der Waals surface area contributed by atoms with Crippen LogP contribution in [-0.2, 0) is 14.3 Å². The molecule has 3 heteroatoms. The van der Waals surface area contributed by atoms with Crippen LogP contribution >= 0.6 is 0 Å². The second-order valence-corrected chi connectivity index (χ2v) is 3.16. The number of carbonyl (C=O) groups is 2. The highest BCUT2D eigenvalue weighted by atomic mass is 16.5. The first-order chi connectivity index (χ1) is 6.22. The Labute approximate surface area is 79.5 Å². The molecule has 0 aromatic heterocycles. The van der Waals surface area contributed by atoms with Crippen molar-refractivity contribution in [3.05, 3.63) is 0 Å². The molecule has 76 valence electrons. The van der Waals surface area contributed by atoms with Crippen LogP contribution in [0.2, 0.25) is 0 Å². The van der Waals surface area contributed by atoms with Gasteiger partial charge < -0.3 is 4.74 Å². The van der Waals surface area contributed by atoms with Crippen LogP contribution in [0.3, 0.4) is 0 Å². The molecule has 1 fully saturated rings. The number of carbonyl (C=O) groups excluding carboxylic acids is 2. The summed E-state index contributed by atoms with van der Waals surface area (Å²) in [5.41, 5.74) is 0. The molecule has 0 saturated heterocycles. The van der Waals surface area contributed by atoms with E-state index in [2.05, 4.69) is 4.74 Å². The van der Waals surface area contributed by atoms with Crippen molar-refractivity contribution in [2.24, 2.45) is 5.92 Å². The van der Waals surface area contributed by atoms with E-state index in [0.29, 0.717) is 24.8 Å². The summed E-state index contributed by atoms with van der Waals surface area (Å²) in [6, 6.07) is 0. The van der Waals surface area contributed by atoms with Gasteiger partial charge in [-0.3, -0.25) is 9.59 Å². The van der Waals surface area contributed by atoms with Crippen molar-refractivity contribution in [3.63, 3.8) is 0 Å². The minimum absolute atomic E-state index is 0.365. The molecule has 1 aliphatic carbocycles. The Morgan fingerprint density at radius 2 is 2.23 bits per heavy atom. The maximum absolute atomic E-state index is 10.8. The highest BCUT2D eigenvalue weighted by Crippen LogP contribution is 2.18. The lowest BCUT2D eigenvalue weighted by molar-refractivity contribution is -0.128. The van der Waals surface area contributed by atoms with Crippen LogP contribution < -0.4 is 0 Å². The molecule has 0 N–H and O–H groups in total. The Morgan fingerprint density at radius 1 is 1.54 bits per heavy atom. The predicted molar refractivity (Wildman–Crippen MR) is 50.3 cm³/mol. The zero-order valence-corrected chi connectivity index (χ0v) is 8.41. The number of ketones is 1. The molecular formula is C10H18O3. The lowest BCUT2D eigenvalue weighted by Gasteiger charge is -2.14. The van der Waals surface area contributed by atoms with E-state index < -0.39 is 0 Å². The number of Topliss-reactive ketones (excluding diaryl/α,β-unsaturated/α-hetero) is 1. The van der Waals surface area contributed by atoms with Gasteiger partial charge in [0.05, 0.1) is 6.61 Å². The van der Waals surface area contributed by atoms with Crippen LogP contribution in [0.1, 0.15) is 39.5 Å². The zero-order chi connectivity index (χ0) is 10.1. The molecule has 0 aromatic rings. The Morgan fingerprint density at radius 3 is 2.46 bits per heavy atom. The second-order valence-electron chi connectivity index (χ2n) is 3.16.